The van der Waals surface area contributed by atoms with Crippen LogP contribution in [0.4, 0.5) is 0 Å². The van der Waals surface area contributed by atoms with Crippen molar-refractivity contribution in [3.63, 3.8) is 0 Å². The summed E-state index contributed by atoms with van der Waals surface area (Å²) in [6.45, 7) is 7.94. The Bertz CT molecular complexity index is 616. The Labute approximate surface area is 131 Å². The lowest BCUT2D eigenvalue weighted by molar-refractivity contribution is 0.199. The Balaban J connectivity index is 2.28. The van der Waals surface area contributed by atoms with Crippen molar-refractivity contribution in [1.82, 2.24) is 0 Å². The molecule has 0 unspecified atom stereocenters. The van der Waals surface area contributed by atoms with Gasteiger partial charge in [-0.3, -0.25) is 0 Å². The number of aliphatic hydroxyl groups is 1. The summed E-state index contributed by atoms with van der Waals surface area (Å²) in [5.41, 5.74) is 2.96. The number of hydrogen-bond acceptors (Lipinski definition) is 2. The molecule has 2 aromatic rings. The van der Waals surface area contributed by atoms with Crippen molar-refractivity contribution in [1.29, 1.82) is 0 Å². The molecule has 112 valence electrons. The van der Waals surface area contributed by atoms with Gasteiger partial charge in [-0.1, -0.05) is 37.6 Å². The third-order valence-corrected chi connectivity index (χ3v) is 3.83. The van der Waals surface area contributed by atoms with Crippen molar-refractivity contribution < 1.29 is 9.84 Å². The highest BCUT2D eigenvalue weighted by molar-refractivity contribution is 6.31. The van der Waals surface area contributed by atoms with Gasteiger partial charge in [0.1, 0.15) is 11.5 Å². The topological polar surface area (TPSA) is 29.5 Å². The molecule has 0 saturated carbocycles. The standard InChI is InChI=1S/C18H21ClO2/c1-11(2)16-10-18(12(3)9-17(16)19)21-15-7-5-14(6-8-15)13(4)20/h5-11,13,20H,1-4H3/t13-/m0/s1. The van der Waals surface area contributed by atoms with Crippen molar-refractivity contribution in [3.05, 3.63) is 58.1 Å². The highest BCUT2D eigenvalue weighted by atomic mass is 35.5. The average molecular weight is 305 g/mol. The molecule has 21 heavy (non-hydrogen) atoms. The van der Waals surface area contributed by atoms with E-state index in [9.17, 15) is 5.11 Å². The molecular formula is C18H21ClO2. The van der Waals surface area contributed by atoms with Gasteiger partial charge < -0.3 is 9.84 Å². The molecule has 0 aliphatic rings. The van der Waals surface area contributed by atoms with E-state index in [1.54, 1.807) is 6.92 Å². The van der Waals surface area contributed by atoms with Crippen LogP contribution in [0.3, 0.4) is 0 Å². The Morgan fingerprint density at radius 3 is 2.19 bits per heavy atom. The van der Waals surface area contributed by atoms with Crippen LogP contribution in [0.2, 0.25) is 5.02 Å². The smallest absolute Gasteiger partial charge is 0.130 e. The Kier molecular flexibility index (Phi) is 4.92. The predicted octanol–water partition coefficient (Wildman–Crippen LogP) is 5.62. The van der Waals surface area contributed by atoms with Crippen LogP contribution < -0.4 is 4.74 Å². The summed E-state index contributed by atoms with van der Waals surface area (Å²) in [5, 5.41) is 10.3. The van der Waals surface area contributed by atoms with Gasteiger partial charge in [0.15, 0.2) is 0 Å². The molecule has 0 heterocycles. The van der Waals surface area contributed by atoms with Crippen molar-refractivity contribution in [2.24, 2.45) is 0 Å². The van der Waals surface area contributed by atoms with Gasteiger partial charge in [-0.05, 0) is 60.7 Å². The first-order valence-electron chi connectivity index (χ1n) is 7.14. The van der Waals surface area contributed by atoms with Gasteiger partial charge in [-0.25, -0.2) is 0 Å². The van der Waals surface area contributed by atoms with Gasteiger partial charge in [0.2, 0.25) is 0 Å². The molecule has 0 aromatic heterocycles. The number of benzene rings is 2. The van der Waals surface area contributed by atoms with Crippen molar-refractivity contribution in [2.75, 3.05) is 0 Å². The van der Waals surface area contributed by atoms with E-state index >= 15 is 0 Å². The molecule has 0 aliphatic carbocycles. The van der Waals surface area contributed by atoms with Crippen LogP contribution in [0.1, 0.15) is 49.5 Å². The maximum absolute atomic E-state index is 9.52. The van der Waals surface area contributed by atoms with Crippen molar-refractivity contribution >= 4 is 11.6 Å². The monoisotopic (exact) mass is 304 g/mol. The average Bonchev–Trinajstić information content (AvgIpc) is 2.42. The van der Waals surface area contributed by atoms with Gasteiger partial charge in [0.05, 0.1) is 6.10 Å². The molecule has 0 saturated heterocycles. The molecule has 0 aliphatic heterocycles. The Morgan fingerprint density at radius 2 is 1.67 bits per heavy atom. The first-order chi connectivity index (χ1) is 9.88. The first-order valence-corrected chi connectivity index (χ1v) is 7.52. The molecule has 2 aromatic carbocycles. The van der Waals surface area contributed by atoms with Crippen LogP contribution in [0.25, 0.3) is 0 Å². The summed E-state index contributed by atoms with van der Waals surface area (Å²) in [7, 11) is 0. The highest BCUT2D eigenvalue weighted by Crippen LogP contribution is 2.34. The number of halogens is 1. The van der Waals surface area contributed by atoms with Crippen LogP contribution in [0.5, 0.6) is 11.5 Å². The van der Waals surface area contributed by atoms with Crippen LogP contribution >= 0.6 is 11.6 Å². The fourth-order valence-electron chi connectivity index (χ4n) is 2.16. The summed E-state index contributed by atoms with van der Waals surface area (Å²) < 4.78 is 5.95. The van der Waals surface area contributed by atoms with Crippen molar-refractivity contribution in [2.45, 2.75) is 39.7 Å². The predicted molar refractivity (Wildman–Crippen MR) is 87.4 cm³/mol. The molecule has 1 N–H and O–H groups in total. The van der Waals surface area contributed by atoms with Gasteiger partial charge in [0, 0.05) is 5.02 Å². The zero-order chi connectivity index (χ0) is 15.6. The number of aryl methyl sites for hydroxylation is 1. The lowest BCUT2D eigenvalue weighted by Crippen LogP contribution is -1.95. The quantitative estimate of drug-likeness (QED) is 0.794. The summed E-state index contributed by atoms with van der Waals surface area (Å²) in [6.07, 6.45) is -0.469. The van der Waals surface area contributed by atoms with Gasteiger partial charge >= 0.3 is 0 Å². The number of aliphatic hydroxyl groups excluding tert-OH is 1. The van der Waals surface area contributed by atoms with Gasteiger partial charge in [-0.2, -0.15) is 0 Å². The van der Waals surface area contributed by atoms with Crippen LogP contribution in [-0.4, -0.2) is 5.11 Å². The number of rotatable bonds is 4. The number of hydrogen-bond donors (Lipinski definition) is 1. The van der Waals surface area contributed by atoms with E-state index in [2.05, 4.69) is 13.8 Å². The maximum atomic E-state index is 9.52. The SMILES string of the molecule is Cc1cc(Cl)c(C(C)C)cc1Oc1ccc([C@H](C)O)cc1. The Hall–Kier alpha value is -1.51. The zero-order valence-electron chi connectivity index (χ0n) is 12.9. The van der Waals surface area contributed by atoms with E-state index in [0.29, 0.717) is 5.92 Å². The lowest BCUT2D eigenvalue weighted by atomic mass is 10.0. The number of ether oxygens (including phenoxy) is 1. The van der Waals surface area contributed by atoms with E-state index in [-0.39, 0.29) is 0 Å². The van der Waals surface area contributed by atoms with Crippen molar-refractivity contribution in [3.8, 4) is 11.5 Å². The molecule has 3 heteroatoms. The minimum absolute atomic E-state index is 0.345. The van der Waals surface area contributed by atoms with E-state index in [1.165, 1.54) is 0 Å². The first kappa shape index (κ1) is 15.9. The third-order valence-electron chi connectivity index (χ3n) is 3.51. The largest absolute Gasteiger partial charge is 0.457 e. The lowest BCUT2D eigenvalue weighted by Gasteiger charge is -2.15. The minimum Gasteiger partial charge on any atom is -0.457 e. The zero-order valence-corrected chi connectivity index (χ0v) is 13.6. The van der Waals surface area contributed by atoms with Crippen LogP contribution in [0, 0.1) is 6.92 Å². The molecule has 2 rings (SSSR count). The van der Waals surface area contributed by atoms with Gasteiger partial charge in [0.25, 0.3) is 0 Å². The second kappa shape index (κ2) is 6.50. The van der Waals surface area contributed by atoms with E-state index in [1.807, 2.05) is 43.3 Å². The summed E-state index contributed by atoms with van der Waals surface area (Å²) in [6, 6.07) is 11.4. The molecular weight excluding hydrogens is 284 g/mol. The molecule has 0 spiro atoms. The van der Waals surface area contributed by atoms with E-state index in [4.69, 9.17) is 16.3 Å². The molecule has 1 atom stereocenters. The summed E-state index contributed by atoms with van der Waals surface area (Å²) in [4.78, 5) is 0. The van der Waals surface area contributed by atoms with Crippen LogP contribution in [-0.2, 0) is 0 Å². The van der Waals surface area contributed by atoms with Crippen LogP contribution in [0.15, 0.2) is 36.4 Å². The second-order valence-corrected chi connectivity index (χ2v) is 6.05. The molecule has 0 amide bonds. The third kappa shape index (κ3) is 3.78. The molecule has 2 nitrogen and oxygen atoms in total. The highest BCUT2D eigenvalue weighted by Gasteiger charge is 2.11. The van der Waals surface area contributed by atoms with E-state index < -0.39 is 6.10 Å². The van der Waals surface area contributed by atoms with Gasteiger partial charge in [-0.15, -0.1) is 0 Å². The molecule has 0 bridgehead atoms. The minimum atomic E-state index is -0.469. The summed E-state index contributed by atoms with van der Waals surface area (Å²) >= 11 is 6.27. The second-order valence-electron chi connectivity index (χ2n) is 5.64. The fraction of sp³-hybridized carbons (Fsp3) is 0.333. The fourth-order valence-corrected chi connectivity index (χ4v) is 2.60. The maximum Gasteiger partial charge on any atom is 0.130 e. The van der Waals surface area contributed by atoms with E-state index in [0.717, 1.165) is 33.2 Å². The molecule has 0 radical (unpaired) electrons. The molecule has 0 fully saturated rings. The summed E-state index contributed by atoms with van der Waals surface area (Å²) in [5.74, 6) is 1.91. The Morgan fingerprint density at radius 1 is 1.05 bits per heavy atom. The normalized spacial score (nSPS) is 12.5.